The monoisotopic (exact) mass is 219 g/mol. The van der Waals surface area contributed by atoms with Gasteiger partial charge in [0, 0.05) is 12.6 Å². The first kappa shape index (κ1) is 10.2. The van der Waals surface area contributed by atoms with Crippen molar-refractivity contribution in [3.05, 3.63) is 24.1 Å². The molecule has 0 unspecified atom stereocenters. The number of nitrogens with two attached hydrogens (primary N) is 1. The fourth-order valence-corrected chi connectivity index (χ4v) is 1.31. The van der Waals surface area contributed by atoms with E-state index in [1.165, 1.54) is 0 Å². The molecule has 2 rings (SSSR count). The number of hydrogen-bond acceptors (Lipinski definition) is 4. The lowest BCUT2D eigenvalue weighted by atomic mass is 10.3. The van der Waals surface area contributed by atoms with Crippen molar-refractivity contribution in [1.29, 1.82) is 0 Å². The second-order valence-electron chi connectivity index (χ2n) is 3.23. The number of carbonyl (C=O) groups excluding carboxylic acids is 2. The molecule has 2 aromatic rings. The molecule has 0 spiro atoms. The smallest absolute Gasteiger partial charge is 0.313 e. The molecule has 0 radical (unpaired) electrons. The van der Waals surface area contributed by atoms with E-state index in [0.717, 1.165) is 0 Å². The van der Waals surface area contributed by atoms with Gasteiger partial charge in [0.05, 0.1) is 0 Å². The van der Waals surface area contributed by atoms with Crippen molar-refractivity contribution in [2.45, 2.75) is 6.92 Å². The molecule has 2 amide bonds. The highest BCUT2D eigenvalue weighted by Crippen LogP contribution is 2.19. The van der Waals surface area contributed by atoms with Crippen molar-refractivity contribution in [2.24, 2.45) is 5.73 Å². The minimum Gasteiger partial charge on any atom is -0.441 e. The highest BCUT2D eigenvalue weighted by Gasteiger charge is 2.10. The molecule has 6 heteroatoms. The molecular formula is C10H9N3O3. The van der Waals surface area contributed by atoms with Crippen LogP contribution in [0.2, 0.25) is 0 Å². The summed E-state index contributed by atoms with van der Waals surface area (Å²) in [6, 6.07) is 4.87. The summed E-state index contributed by atoms with van der Waals surface area (Å²) in [6.45, 7) is 1.72. The number of aromatic nitrogens is 1. The number of anilines is 1. The van der Waals surface area contributed by atoms with Gasteiger partial charge in [0.1, 0.15) is 5.52 Å². The number of nitrogens with zero attached hydrogens (tertiary/aromatic N) is 1. The molecule has 0 saturated carbocycles. The van der Waals surface area contributed by atoms with Crippen LogP contribution in [0.1, 0.15) is 5.89 Å². The molecule has 0 aliphatic rings. The summed E-state index contributed by atoms with van der Waals surface area (Å²) in [5.74, 6) is -1.36. The van der Waals surface area contributed by atoms with E-state index in [4.69, 9.17) is 10.2 Å². The van der Waals surface area contributed by atoms with Crippen molar-refractivity contribution in [1.82, 2.24) is 4.98 Å². The third-order valence-corrected chi connectivity index (χ3v) is 1.98. The van der Waals surface area contributed by atoms with Crippen molar-refractivity contribution in [3.8, 4) is 0 Å². The lowest BCUT2D eigenvalue weighted by molar-refractivity contribution is -0.134. The Morgan fingerprint density at radius 2 is 2.19 bits per heavy atom. The van der Waals surface area contributed by atoms with Gasteiger partial charge in [0.15, 0.2) is 11.5 Å². The van der Waals surface area contributed by atoms with Crippen LogP contribution in [-0.4, -0.2) is 16.8 Å². The van der Waals surface area contributed by atoms with Crippen LogP contribution in [0.15, 0.2) is 22.6 Å². The summed E-state index contributed by atoms with van der Waals surface area (Å²) in [6.07, 6.45) is 0. The zero-order valence-electron chi connectivity index (χ0n) is 8.48. The number of aryl methyl sites for hydroxylation is 1. The van der Waals surface area contributed by atoms with E-state index in [1.807, 2.05) is 0 Å². The van der Waals surface area contributed by atoms with Gasteiger partial charge in [0.25, 0.3) is 0 Å². The maximum Gasteiger partial charge on any atom is 0.313 e. The zero-order valence-corrected chi connectivity index (χ0v) is 8.48. The second kappa shape index (κ2) is 3.65. The average molecular weight is 219 g/mol. The van der Waals surface area contributed by atoms with Crippen molar-refractivity contribution in [3.63, 3.8) is 0 Å². The third kappa shape index (κ3) is 1.85. The fourth-order valence-electron chi connectivity index (χ4n) is 1.31. The highest BCUT2D eigenvalue weighted by molar-refractivity contribution is 6.39. The first-order chi connectivity index (χ1) is 7.56. The average Bonchev–Trinajstić information content (AvgIpc) is 2.57. The van der Waals surface area contributed by atoms with Gasteiger partial charge in [-0.25, -0.2) is 4.98 Å². The summed E-state index contributed by atoms with van der Waals surface area (Å²) < 4.78 is 5.26. The molecule has 1 heterocycles. The largest absolute Gasteiger partial charge is 0.441 e. The van der Waals surface area contributed by atoms with Crippen LogP contribution in [0.3, 0.4) is 0 Å². The molecule has 0 bridgehead atoms. The molecular weight excluding hydrogens is 210 g/mol. The SMILES string of the molecule is Cc1nc2cc(NC(=O)C(N)=O)ccc2o1. The van der Waals surface area contributed by atoms with E-state index >= 15 is 0 Å². The fraction of sp³-hybridized carbons (Fsp3) is 0.100. The van der Waals surface area contributed by atoms with Crippen molar-refractivity contribution in [2.75, 3.05) is 5.32 Å². The van der Waals surface area contributed by atoms with Gasteiger partial charge in [-0.15, -0.1) is 0 Å². The van der Waals surface area contributed by atoms with E-state index in [0.29, 0.717) is 22.7 Å². The van der Waals surface area contributed by atoms with Gasteiger partial charge in [-0.1, -0.05) is 0 Å². The lowest BCUT2D eigenvalue weighted by Crippen LogP contribution is -2.29. The number of carbonyl (C=O) groups is 2. The van der Waals surface area contributed by atoms with Gasteiger partial charge in [-0.3, -0.25) is 9.59 Å². The lowest BCUT2D eigenvalue weighted by Gasteiger charge is -2.00. The Balaban J connectivity index is 2.32. The summed E-state index contributed by atoms with van der Waals surface area (Å²) in [5, 5.41) is 2.35. The molecule has 1 aromatic heterocycles. The Bertz CT molecular complexity index is 574. The number of fused-ring (bicyclic) bond motifs is 1. The number of primary amides is 1. The predicted octanol–water partition coefficient (Wildman–Crippen LogP) is 0.560. The second-order valence-corrected chi connectivity index (χ2v) is 3.23. The molecule has 0 aliphatic carbocycles. The van der Waals surface area contributed by atoms with Gasteiger partial charge in [-0.2, -0.15) is 0 Å². The van der Waals surface area contributed by atoms with E-state index in [1.54, 1.807) is 25.1 Å². The van der Waals surface area contributed by atoms with Gasteiger partial charge < -0.3 is 15.5 Å². The number of benzene rings is 1. The molecule has 0 atom stereocenters. The Labute approximate surface area is 90.4 Å². The van der Waals surface area contributed by atoms with Crippen molar-refractivity contribution >= 4 is 28.6 Å². The molecule has 16 heavy (non-hydrogen) atoms. The number of amides is 2. The summed E-state index contributed by atoms with van der Waals surface area (Å²) in [5.41, 5.74) is 6.50. The maximum atomic E-state index is 11.0. The van der Waals surface area contributed by atoms with Crippen molar-refractivity contribution < 1.29 is 14.0 Å². The molecule has 0 aliphatic heterocycles. The van der Waals surface area contributed by atoms with Crippen LogP contribution in [0.25, 0.3) is 11.1 Å². The van der Waals surface area contributed by atoms with Crippen LogP contribution in [0, 0.1) is 6.92 Å². The van der Waals surface area contributed by atoms with E-state index in [2.05, 4.69) is 10.3 Å². The van der Waals surface area contributed by atoms with Crippen LogP contribution >= 0.6 is 0 Å². The third-order valence-electron chi connectivity index (χ3n) is 1.98. The number of rotatable bonds is 1. The van der Waals surface area contributed by atoms with E-state index in [-0.39, 0.29) is 0 Å². The summed E-state index contributed by atoms with van der Waals surface area (Å²) >= 11 is 0. The minimum absolute atomic E-state index is 0.449. The minimum atomic E-state index is -1.03. The molecule has 1 aromatic carbocycles. The number of hydrogen-bond donors (Lipinski definition) is 2. The molecule has 6 nitrogen and oxygen atoms in total. The Morgan fingerprint density at radius 3 is 2.88 bits per heavy atom. The number of oxazole rings is 1. The van der Waals surface area contributed by atoms with Crippen LogP contribution in [-0.2, 0) is 9.59 Å². The molecule has 0 saturated heterocycles. The van der Waals surface area contributed by atoms with Gasteiger partial charge in [0.2, 0.25) is 0 Å². The molecule has 0 fully saturated rings. The first-order valence-corrected chi connectivity index (χ1v) is 4.54. The topological polar surface area (TPSA) is 98.2 Å². The van der Waals surface area contributed by atoms with Gasteiger partial charge >= 0.3 is 11.8 Å². The Kier molecular flexibility index (Phi) is 2.32. The quantitative estimate of drug-likeness (QED) is 0.684. The maximum absolute atomic E-state index is 11.0. The summed E-state index contributed by atoms with van der Waals surface area (Å²) in [4.78, 5) is 25.7. The number of nitrogens with one attached hydrogen (secondary N) is 1. The summed E-state index contributed by atoms with van der Waals surface area (Å²) in [7, 11) is 0. The zero-order chi connectivity index (χ0) is 11.7. The predicted molar refractivity (Wildman–Crippen MR) is 56.6 cm³/mol. The van der Waals surface area contributed by atoms with E-state index < -0.39 is 11.8 Å². The highest BCUT2D eigenvalue weighted by atomic mass is 16.3. The molecule has 3 N–H and O–H groups in total. The molecule has 82 valence electrons. The van der Waals surface area contributed by atoms with E-state index in [9.17, 15) is 9.59 Å². The standard InChI is InChI=1S/C10H9N3O3/c1-5-12-7-4-6(2-3-8(7)16-5)13-10(15)9(11)14/h2-4H,1H3,(H2,11,14)(H,13,15). The first-order valence-electron chi connectivity index (χ1n) is 4.54. The van der Waals surface area contributed by atoms with Gasteiger partial charge in [-0.05, 0) is 18.2 Å². The van der Waals surface area contributed by atoms with Crippen LogP contribution in [0.5, 0.6) is 0 Å². The Hall–Kier alpha value is -2.37. The Morgan fingerprint density at radius 1 is 1.44 bits per heavy atom. The van der Waals surface area contributed by atoms with Crippen LogP contribution < -0.4 is 11.1 Å². The normalized spacial score (nSPS) is 10.3. The van der Waals surface area contributed by atoms with Crippen LogP contribution in [0.4, 0.5) is 5.69 Å².